The van der Waals surface area contributed by atoms with Gasteiger partial charge in [0.05, 0.1) is 12.7 Å². The fourth-order valence-electron chi connectivity index (χ4n) is 1.01. The molecule has 0 aliphatic carbocycles. The number of carbonyl (C=O) groups excluding carboxylic acids is 1. The summed E-state index contributed by atoms with van der Waals surface area (Å²) in [7, 11) is 1.04. The van der Waals surface area contributed by atoms with Crippen LogP contribution < -0.4 is 0 Å². The topological polar surface area (TPSA) is 26.3 Å². The molecule has 0 saturated carbocycles. The molecule has 0 bridgehead atoms. The lowest BCUT2D eigenvalue weighted by Crippen LogP contribution is -2.06. The van der Waals surface area contributed by atoms with Gasteiger partial charge in [-0.2, -0.15) is 0 Å². The molecular weight excluding hydrogens is 197 g/mol. The van der Waals surface area contributed by atoms with Crippen LogP contribution in [-0.2, 0) is 4.74 Å². The molecule has 1 rings (SSSR count). The zero-order chi connectivity index (χ0) is 10.7. The van der Waals surface area contributed by atoms with Gasteiger partial charge >= 0.3 is 5.97 Å². The number of rotatable bonds is 2. The highest BCUT2D eigenvalue weighted by Crippen LogP contribution is 2.24. The summed E-state index contributed by atoms with van der Waals surface area (Å²) in [5.74, 6) is -1.73. The quantitative estimate of drug-likeness (QED) is 0.692. The molecule has 0 unspecified atom stereocenters. The lowest BCUT2D eigenvalue weighted by Gasteiger charge is -2.06. The summed E-state index contributed by atoms with van der Waals surface area (Å²) in [6, 6.07) is 2.47. The minimum Gasteiger partial charge on any atom is -0.465 e. The van der Waals surface area contributed by atoms with Gasteiger partial charge in [-0.05, 0) is 18.2 Å². The van der Waals surface area contributed by atoms with Gasteiger partial charge in [0.15, 0.2) is 0 Å². The van der Waals surface area contributed by atoms with Gasteiger partial charge in [0.2, 0.25) is 0 Å². The molecule has 1 aromatic rings. The zero-order valence-corrected chi connectivity index (χ0v) is 7.26. The normalized spacial score (nSPS) is 10.4. The molecule has 0 fully saturated rings. The lowest BCUT2D eigenvalue weighted by molar-refractivity contribution is 0.0588. The maximum atomic E-state index is 12.7. The first-order valence-corrected chi connectivity index (χ1v) is 3.72. The number of hydrogen-bond acceptors (Lipinski definition) is 2. The second kappa shape index (κ2) is 4.13. The van der Waals surface area contributed by atoms with Crippen molar-refractivity contribution in [3.63, 3.8) is 0 Å². The highest BCUT2D eigenvalue weighted by atomic mass is 19.3. The van der Waals surface area contributed by atoms with E-state index in [-0.39, 0.29) is 0 Å². The van der Waals surface area contributed by atoms with Crippen LogP contribution in [0.1, 0.15) is 22.3 Å². The third kappa shape index (κ3) is 2.04. The van der Waals surface area contributed by atoms with Crippen molar-refractivity contribution in [2.75, 3.05) is 7.11 Å². The van der Waals surface area contributed by atoms with Gasteiger partial charge in [0.25, 0.3) is 6.43 Å². The van der Waals surface area contributed by atoms with Gasteiger partial charge < -0.3 is 4.74 Å². The minimum absolute atomic E-state index is 0.442. The van der Waals surface area contributed by atoms with E-state index in [0.29, 0.717) is 0 Å². The first kappa shape index (κ1) is 10.6. The number of benzene rings is 1. The van der Waals surface area contributed by atoms with Crippen LogP contribution in [0.2, 0.25) is 0 Å². The van der Waals surface area contributed by atoms with Crippen molar-refractivity contribution < 1.29 is 22.7 Å². The van der Waals surface area contributed by atoms with Crippen molar-refractivity contribution >= 4 is 5.97 Å². The Bertz CT molecular complexity index is 350. The van der Waals surface area contributed by atoms with Gasteiger partial charge in [0.1, 0.15) is 5.82 Å². The second-order valence-electron chi connectivity index (χ2n) is 2.52. The molecule has 0 heterocycles. The van der Waals surface area contributed by atoms with E-state index >= 15 is 0 Å². The third-order valence-corrected chi connectivity index (χ3v) is 1.66. The molecule has 76 valence electrons. The molecule has 0 saturated heterocycles. The molecule has 0 aliphatic rings. The predicted octanol–water partition coefficient (Wildman–Crippen LogP) is 2.55. The van der Waals surface area contributed by atoms with Gasteiger partial charge in [0, 0.05) is 5.56 Å². The lowest BCUT2D eigenvalue weighted by atomic mass is 10.1. The Balaban J connectivity index is 3.22. The highest BCUT2D eigenvalue weighted by Gasteiger charge is 2.19. The van der Waals surface area contributed by atoms with Crippen molar-refractivity contribution in [3.8, 4) is 0 Å². The summed E-state index contributed by atoms with van der Waals surface area (Å²) in [5.41, 5.74) is -0.972. The Morgan fingerprint density at radius 3 is 2.57 bits per heavy atom. The van der Waals surface area contributed by atoms with Crippen LogP contribution in [0.3, 0.4) is 0 Å². The van der Waals surface area contributed by atoms with E-state index in [0.717, 1.165) is 25.3 Å². The summed E-state index contributed by atoms with van der Waals surface area (Å²) in [4.78, 5) is 11.0. The van der Waals surface area contributed by atoms with E-state index in [1.165, 1.54) is 0 Å². The SMILES string of the molecule is COC(=O)c1cc(F)ccc1C(F)F. The molecule has 2 nitrogen and oxygen atoms in total. The molecule has 5 heteroatoms. The van der Waals surface area contributed by atoms with Crippen LogP contribution >= 0.6 is 0 Å². The van der Waals surface area contributed by atoms with E-state index in [4.69, 9.17) is 0 Å². The zero-order valence-electron chi connectivity index (χ0n) is 7.26. The van der Waals surface area contributed by atoms with Gasteiger partial charge in [-0.3, -0.25) is 0 Å². The van der Waals surface area contributed by atoms with Crippen molar-refractivity contribution in [1.29, 1.82) is 0 Å². The molecule has 0 spiro atoms. The Morgan fingerprint density at radius 1 is 1.43 bits per heavy atom. The van der Waals surface area contributed by atoms with E-state index in [1.807, 2.05) is 0 Å². The van der Waals surface area contributed by atoms with Gasteiger partial charge in [-0.15, -0.1) is 0 Å². The van der Waals surface area contributed by atoms with Crippen molar-refractivity contribution in [3.05, 3.63) is 35.1 Å². The molecule has 0 radical (unpaired) electrons. The van der Waals surface area contributed by atoms with Crippen LogP contribution in [0.4, 0.5) is 13.2 Å². The molecule has 14 heavy (non-hydrogen) atoms. The molecule has 0 N–H and O–H groups in total. The van der Waals surface area contributed by atoms with Crippen LogP contribution in [-0.4, -0.2) is 13.1 Å². The van der Waals surface area contributed by atoms with Crippen LogP contribution in [0.15, 0.2) is 18.2 Å². The predicted molar refractivity (Wildman–Crippen MR) is 42.7 cm³/mol. The van der Waals surface area contributed by atoms with Crippen LogP contribution in [0.5, 0.6) is 0 Å². The van der Waals surface area contributed by atoms with Crippen LogP contribution in [0, 0.1) is 5.82 Å². The molecule has 0 atom stereocenters. The van der Waals surface area contributed by atoms with Crippen LogP contribution in [0.25, 0.3) is 0 Å². The molecule has 0 amide bonds. The number of halogens is 3. The maximum Gasteiger partial charge on any atom is 0.338 e. The third-order valence-electron chi connectivity index (χ3n) is 1.66. The largest absolute Gasteiger partial charge is 0.465 e. The van der Waals surface area contributed by atoms with E-state index in [2.05, 4.69) is 4.74 Å². The summed E-state index contributed by atoms with van der Waals surface area (Å²) < 4.78 is 41.5. The first-order chi connectivity index (χ1) is 6.56. The number of carbonyl (C=O) groups is 1. The minimum atomic E-state index is -2.83. The number of hydrogen-bond donors (Lipinski definition) is 0. The number of methoxy groups -OCH3 is 1. The van der Waals surface area contributed by atoms with Crippen molar-refractivity contribution in [2.24, 2.45) is 0 Å². The standard InChI is InChI=1S/C9H7F3O2/c1-14-9(13)7-4-5(10)2-3-6(7)8(11)12/h2-4,8H,1H3. The number of esters is 1. The van der Waals surface area contributed by atoms with E-state index in [9.17, 15) is 18.0 Å². The number of alkyl halides is 2. The monoisotopic (exact) mass is 204 g/mol. The fourth-order valence-corrected chi connectivity index (χ4v) is 1.01. The average Bonchev–Trinajstić information content (AvgIpc) is 2.16. The van der Waals surface area contributed by atoms with Crippen molar-refractivity contribution in [1.82, 2.24) is 0 Å². The summed E-state index contributed by atoms with van der Waals surface area (Å²) in [6.07, 6.45) is -2.83. The Morgan fingerprint density at radius 2 is 2.07 bits per heavy atom. The Hall–Kier alpha value is -1.52. The molecule has 0 aliphatic heterocycles. The summed E-state index contributed by atoms with van der Waals surface area (Å²) >= 11 is 0. The fraction of sp³-hybridized carbons (Fsp3) is 0.222. The Kier molecular flexibility index (Phi) is 3.11. The Labute approximate surface area is 78.3 Å². The number of ether oxygens (including phenoxy) is 1. The van der Waals surface area contributed by atoms with Gasteiger partial charge in [-0.25, -0.2) is 18.0 Å². The van der Waals surface area contributed by atoms with Gasteiger partial charge in [-0.1, -0.05) is 0 Å². The highest BCUT2D eigenvalue weighted by molar-refractivity contribution is 5.91. The summed E-state index contributed by atoms with van der Waals surface area (Å²) in [6.45, 7) is 0. The second-order valence-corrected chi connectivity index (χ2v) is 2.52. The van der Waals surface area contributed by atoms with Crippen molar-refractivity contribution in [2.45, 2.75) is 6.43 Å². The summed E-state index contributed by atoms with van der Waals surface area (Å²) in [5, 5.41) is 0. The van der Waals surface area contributed by atoms with E-state index in [1.54, 1.807) is 0 Å². The molecular formula is C9H7F3O2. The molecule has 0 aromatic heterocycles. The van der Waals surface area contributed by atoms with E-state index < -0.39 is 29.3 Å². The smallest absolute Gasteiger partial charge is 0.338 e. The maximum absolute atomic E-state index is 12.7. The first-order valence-electron chi connectivity index (χ1n) is 3.72. The molecule has 1 aromatic carbocycles. The average molecular weight is 204 g/mol.